The molecule has 2 atom stereocenters. The number of benzene rings is 1. The number of nitrogens with zero attached hydrogens (tertiary/aromatic N) is 3. The fourth-order valence-electron chi connectivity index (χ4n) is 3.55. The number of amides is 4. The molecule has 1 N–H and O–H groups in total. The lowest BCUT2D eigenvalue weighted by Gasteiger charge is -2.35. The van der Waals surface area contributed by atoms with Crippen LogP contribution in [-0.2, 0) is 15.1 Å². The predicted molar refractivity (Wildman–Crippen MR) is 116 cm³/mol. The number of imide groups is 1. The number of hydrogen-bond donors (Lipinski definition) is 1. The molecule has 2 saturated heterocycles. The van der Waals surface area contributed by atoms with E-state index in [0.717, 1.165) is 25.9 Å². The van der Waals surface area contributed by atoms with E-state index in [2.05, 4.69) is 26.2 Å². The van der Waals surface area contributed by atoms with Crippen molar-refractivity contribution in [3.8, 4) is 0 Å². The zero-order chi connectivity index (χ0) is 20.6. The number of rotatable bonds is 4. The first-order chi connectivity index (χ1) is 13.9. The van der Waals surface area contributed by atoms with Gasteiger partial charge in [-0.2, -0.15) is 11.8 Å². The van der Waals surface area contributed by atoms with Crippen molar-refractivity contribution in [3.05, 3.63) is 50.9 Å². The zero-order valence-corrected chi connectivity index (χ0v) is 18.8. The summed E-state index contributed by atoms with van der Waals surface area (Å²) in [7, 11) is 0. The summed E-state index contributed by atoms with van der Waals surface area (Å²) in [6.07, 6.45) is 1.73. The Bertz CT molecular complexity index is 937. The van der Waals surface area contributed by atoms with E-state index in [9.17, 15) is 14.4 Å². The topological polar surface area (TPSA) is 82.6 Å². The summed E-state index contributed by atoms with van der Waals surface area (Å²) in [5, 5.41) is 5.51. The third kappa shape index (κ3) is 3.80. The minimum atomic E-state index is -1.19. The number of hydrogen-bond acceptors (Lipinski definition) is 6. The van der Waals surface area contributed by atoms with Crippen LogP contribution in [0, 0.1) is 0 Å². The maximum absolute atomic E-state index is 13.1. The van der Waals surface area contributed by atoms with Gasteiger partial charge in [-0.3, -0.25) is 14.5 Å². The molecule has 2 unspecified atom stereocenters. The van der Waals surface area contributed by atoms with E-state index in [4.69, 9.17) is 0 Å². The van der Waals surface area contributed by atoms with Crippen LogP contribution >= 0.6 is 39.0 Å². The van der Waals surface area contributed by atoms with Crippen LogP contribution in [0.25, 0.3) is 0 Å². The Hall–Kier alpha value is -1.91. The van der Waals surface area contributed by atoms with Gasteiger partial charge in [0.2, 0.25) is 5.91 Å². The van der Waals surface area contributed by atoms with Gasteiger partial charge in [-0.25, -0.2) is 9.78 Å². The molecule has 1 aromatic carbocycles. The lowest BCUT2D eigenvalue weighted by Crippen LogP contribution is -2.48. The van der Waals surface area contributed by atoms with E-state index in [-0.39, 0.29) is 18.5 Å². The maximum atomic E-state index is 13.1. The van der Waals surface area contributed by atoms with E-state index in [1.54, 1.807) is 41.9 Å². The Labute approximate surface area is 185 Å². The molecule has 10 heteroatoms. The molecule has 2 aromatic rings. The summed E-state index contributed by atoms with van der Waals surface area (Å²) in [5.74, 6) is 0.921. The van der Waals surface area contributed by atoms with Crippen molar-refractivity contribution in [1.82, 2.24) is 20.1 Å². The molecule has 29 heavy (non-hydrogen) atoms. The number of carbonyl (C=O) groups excluding carboxylic acids is 3. The van der Waals surface area contributed by atoms with Crippen LogP contribution in [0.1, 0.15) is 23.5 Å². The Morgan fingerprint density at radius 3 is 2.79 bits per heavy atom. The highest BCUT2D eigenvalue weighted by Gasteiger charge is 2.50. The first-order valence-electron chi connectivity index (χ1n) is 9.07. The van der Waals surface area contributed by atoms with Gasteiger partial charge in [-0.15, -0.1) is 11.3 Å². The normalized spacial score (nSPS) is 24.7. The smallest absolute Gasteiger partial charge is 0.325 e. The molecule has 152 valence electrons. The van der Waals surface area contributed by atoms with Gasteiger partial charge in [0.1, 0.15) is 17.1 Å². The predicted octanol–water partition coefficient (Wildman–Crippen LogP) is 2.99. The van der Waals surface area contributed by atoms with Crippen LogP contribution in [0.3, 0.4) is 0 Å². The number of carbonyl (C=O) groups is 3. The summed E-state index contributed by atoms with van der Waals surface area (Å²) in [6, 6.07) is 6.53. The van der Waals surface area contributed by atoms with Crippen molar-refractivity contribution in [2.24, 2.45) is 0 Å². The van der Waals surface area contributed by atoms with Crippen LogP contribution in [-0.4, -0.2) is 57.2 Å². The van der Waals surface area contributed by atoms with Crippen molar-refractivity contribution >= 4 is 56.9 Å². The Balaban J connectivity index is 1.52. The summed E-state index contributed by atoms with van der Waals surface area (Å²) in [5.41, 5.74) is -0.520. The van der Waals surface area contributed by atoms with Crippen LogP contribution in [0.4, 0.5) is 4.79 Å². The van der Waals surface area contributed by atoms with Crippen molar-refractivity contribution in [1.29, 1.82) is 0 Å². The summed E-state index contributed by atoms with van der Waals surface area (Å²) >= 11 is 6.65. The second-order valence-electron chi connectivity index (χ2n) is 7.00. The van der Waals surface area contributed by atoms with Crippen molar-refractivity contribution in [3.63, 3.8) is 0 Å². The van der Waals surface area contributed by atoms with Crippen LogP contribution in [0.15, 0.2) is 40.3 Å². The Morgan fingerprint density at radius 2 is 2.10 bits per heavy atom. The molecule has 3 heterocycles. The van der Waals surface area contributed by atoms with E-state index in [1.165, 1.54) is 11.3 Å². The van der Waals surface area contributed by atoms with Gasteiger partial charge in [0.05, 0.1) is 6.04 Å². The molecular weight excluding hydrogens is 476 g/mol. The molecule has 0 saturated carbocycles. The summed E-state index contributed by atoms with van der Waals surface area (Å²) < 4.78 is 0.879. The number of thiazole rings is 1. The number of aromatic nitrogens is 1. The Kier molecular flexibility index (Phi) is 5.67. The minimum absolute atomic E-state index is 0.125. The zero-order valence-electron chi connectivity index (χ0n) is 15.6. The molecule has 0 aliphatic carbocycles. The lowest BCUT2D eigenvalue weighted by atomic mass is 9.92. The average Bonchev–Trinajstić information content (AvgIpc) is 3.32. The molecule has 4 amide bonds. The summed E-state index contributed by atoms with van der Waals surface area (Å²) in [6.45, 7) is 1.96. The first kappa shape index (κ1) is 20.4. The largest absolute Gasteiger partial charge is 0.330 e. The SMILES string of the molecule is CC1(c2ccc(Br)cc2)NC(=O)N(CC(=O)N2CCSCC2c2nccs2)C1=O. The third-order valence-electron chi connectivity index (χ3n) is 5.18. The quantitative estimate of drug-likeness (QED) is 0.660. The number of nitrogens with one attached hydrogen (secondary N) is 1. The van der Waals surface area contributed by atoms with Gasteiger partial charge in [0, 0.05) is 34.1 Å². The van der Waals surface area contributed by atoms with Gasteiger partial charge in [0.15, 0.2) is 0 Å². The molecule has 0 radical (unpaired) electrons. The fourth-order valence-corrected chi connectivity index (χ4v) is 5.73. The second kappa shape index (κ2) is 8.08. The monoisotopic (exact) mass is 494 g/mol. The average molecular weight is 495 g/mol. The number of halogens is 1. The highest BCUT2D eigenvalue weighted by molar-refractivity contribution is 9.10. The minimum Gasteiger partial charge on any atom is -0.330 e. The third-order valence-corrected chi connectivity index (χ3v) is 7.60. The molecule has 0 bridgehead atoms. The van der Waals surface area contributed by atoms with Gasteiger partial charge in [-0.1, -0.05) is 28.1 Å². The van der Waals surface area contributed by atoms with Gasteiger partial charge in [0.25, 0.3) is 5.91 Å². The van der Waals surface area contributed by atoms with E-state index >= 15 is 0 Å². The molecule has 0 spiro atoms. The Morgan fingerprint density at radius 1 is 1.34 bits per heavy atom. The lowest BCUT2D eigenvalue weighted by molar-refractivity contribution is -0.140. The highest BCUT2D eigenvalue weighted by Crippen LogP contribution is 2.32. The first-order valence-corrected chi connectivity index (χ1v) is 11.9. The van der Waals surface area contributed by atoms with Crippen LogP contribution < -0.4 is 5.32 Å². The van der Waals surface area contributed by atoms with Crippen LogP contribution in [0.2, 0.25) is 0 Å². The van der Waals surface area contributed by atoms with Crippen molar-refractivity contribution in [2.45, 2.75) is 18.5 Å². The van der Waals surface area contributed by atoms with E-state index < -0.39 is 17.5 Å². The molecule has 1 aromatic heterocycles. The highest BCUT2D eigenvalue weighted by atomic mass is 79.9. The standard InChI is InChI=1S/C19H19BrN4O3S2/c1-19(12-2-4-13(20)5-3-12)17(26)24(18(27)22-19)10-15(25)23-7-9-28-11-14(23)16-21-6-8-29-16/h2-6,8,14H,7,9-11H2,1H3,(H,22,27). The second-order valence-corrected chi connectivity index (χ2v) is 9.99. The van der Waals surface area contributed by atoms with Crippen LogP contribution in [0.5, 0.6) is 0 Å². The molecular formula is C19H19BrN4O3S2. The summed E-state index contributed by atoms with van der Waals surface area (Å²) in [4.78, 5) is 45.8. The molecule has 4 rings (SSSR count). The molecule has 2 aliphatic heterocycles. The number of thioether (sulfide) groups is 1. The fraction of sp³-hybridized carbons (Fsp3) is 0.368. The van der Waals surface area contributed by atoms with Crippen molar-refractivity contribution < 1.29 is 14.4 Å². The van der Waals surface area contributed by atoms with Crippen molar-refractivity contribution in [2.75, 3.05) is 24.6 Å². The van der Waals surface area contributed by atoms with Gasteiger partial charge >= 0.3 is 6.03 Å². The van der Waals surface area contributed by atoms with Gasteiger partial charge in [-0.05, 0) is 24.6 Å². The van der Waals surface area contributed by atoms with E-state index in [1.807, 2.05) is 17.5 Å². The number of urea groups is 1. The molecule has 2 aliphatic rings. The molecule has 2 fully saturated rings. The van der Waals surface area contributed by atoms with E-state index in [0.29, 0.717) is 12.1 Å². The maximum Gasteiger partial charge on any atom is 0.325 e. The van der Waals surface area contributed by atoms with Gasteiger partial charge < -0.3 is 10.2 Å². The molecule has 7 nitrogen and oxygen atoms in total.